The molecule has 0 amide bonds. The molecule has 4 nitrogen and oxygen atoms in total. The van der Waals surface area contributed by atoms with Gasteiger partial charge in [-0.3, -0.25) is 0 Å². The summed E-state index contributed by atoms with van der Waals surface area (Å²) in [4.78, 5) is 2.38. The van der Waals surface area contributed by atoms with E-state index in [1.165, 1.54) is 18.4 Å². The van der Waals surface area contributed by atoms with Crippen molar-refractivity contribution in [3.05, 3.63) is 23.8 Å². The molecule has 0 saturated carbocycles. The molecular weight excluding hydrogens is 252 g/mol. The Balaban J connectivity index is 2.03. The summed E-state index contributed by atoms with van der Waals surface area (Å²) in [5, 5.41) is 3.39. The van der Waals surface area contributed by atoms with E-state index < -0.39 is 0 Å². The third kappa shape index (κ3) is 3.87. The van der Waals surface area contributed by atoms with Crippen molar-refractivity contribution < 1.29 is 9.47 Å². The van der Waals surface area contributed by atoms with E-state index in [0.717, 1.165) is 24.6 Å². The first-order chi connectivity index (χ1) is 9.74. The molecule has 2 rings (SSSR count). The van der Waals surface area contributed by atoms with E-state index in [4.69, 9.17) is 9.47 Å². The Kier molecular flexibility index (Phi) is 5.68. The zero-order valence-corrected chi connectivity index (χ0v) is 12.8. The average molecular weight is 278 g/mol. The molecule has 1 aromatic rings. The second kappa shape index (κ2) is 7.50. The molecule has 0 bridgehead atoms. The monoisotopic (exact) mass is 278 g/mol. The smallest absolute Gasteiger partial charge is 0.161 e. The van der Waals surface area contributed by atoms with Crippen molar-refractivity contribution in [1.29, 1.82) is 0 Å². The first-order valence-electron chi connectivity index (χ1n) is 7.50. The Morgan fingerprint density at radius 1 is 1.25 bits per heavy atom. The lowest BCUT2D eigenvalue weighted by atomic mass is 10.1. The Bertz CT molecular complexity index is 423. The van der Waals surface area contributed by atoms with Crippen LogP contribution in [0, 0.1) is 0 Å². The van der Waals surface area contributed by atoms with Gasteiger partial charge in [-0.2, -0.15) is 0 Å². The molecule has 1 N–H and O–H groups in total. The molecule has 112 valence electrons. The predicted molar refractivity (Wildman–Crippen MR) is 81.6 cm³/mol. The number of fused-ring (bicyclic) bond motifs is 1. The van der Waals surface area contributed by atoms with Crippen LogP contribution < -0.4 is 14.8 Å². The number of hydrogen-bond acceptors (Lipinski definition) is 4. The van der Waals surface area contributed by atoms with E-state index in [-0.39, 0.29) is 0 Å². The zero-order chi connectivity index (χ0) is 14.4. The fourth-order valence-electron chi connectivity index (χ4n) is 2.47. The van der Waals surface area contributed by atoms with E-state index in [1.54, 1.807) is 0 Å². The van der Waals surface area contributed by atoms with E-state index in [1.807, 2.05) is 13.1 Å². The normalized spacial score (nSPS) is 15.4. The van der Waals surface area contributed by atoms with Gasteiger partial charge in [-0.15, -0.1) is 0 Å². The molecule has 0 spiro atoms. The molecule has 1 atom stereocenters. The third-order valence-corrected chi connectivity index (χ3v) is 3.70. The minimum absolute atomic E-state index is 0.313. The number of ether oxygens (including phenoxy) is 2. The van der Waals surface area contributed by atoms with Crippen molar-refractivity contribution in [3.8, 4) is 11.5 Å². The van der Waals surface area contributed by atoms with Crippen LogP contribution in [0.25, 0.3) is 0 Å². The first-order valence-corrected chi connectivity index (χ1v) is 7.50. The van der Waals surface area contributed by atoms with Crippen LogP contribution in [0.3, 0.4) is 0 Å². The van der Waals surface area contributed by atoms with Gasteiger partial charge in [0.05, 0.1) is 0 Å². The van der Waals surface area contributed by atoms with Crippen LogP contribution >= 0.6 is 0 Å². The molecule has 0 aromatic heterocycles. The molecule has 4 heteroatoms. The van der Waals surface area contributed by atoms with Crippen LogP contribution in [0.5, 0.6) is 11.5 Å². The summed E-state index contributed by atoms with van der Waals surface area (Å²) in [6.07, 6.45) is 2.48. The quantitative estimate of drug-likeness (QED) is 0.830. The van der Waals surface area contributed by atoms with Crippen molar-refractivity contribution in [2.45, 2.75) is 25.8 Å². The van der Waals surface area contributed by atoms with Crippen LogP contribution in [0.15, 0.2) is 18.2 Å². The first kappa shape index (κ1) is 15.1. The van der Waals surface area contributed by atoms with Crippen LogP contribution in [0.1, 0.15) is 31.4 Å². The van der Waals surface area contributed by atoms with E-state index in [0.29, 0.717) is 19.3 Å². The fourth-order valence-corrected chi connectivity index (χ4v) is 2.47. The number of likely N-dealkylation sites (N-methyl/N-ethyl adjacent to an activating group) is 2. The molecule has 1 aliphatic heterocycles. The van der Waals surface area contributed by atoms with E-state index >= 15 is 0 Å². The molecule has 0 aliphatic carbocycles. The summed E-state index contributed by atoms with van der Waals surface area (Å²) in [6, 6.07) is 6.55. The largest absolute Gasteiger partial charge is 0.486 e. The van der Waals surface area contributed by atoms with Gasteiger partial charge >= 0.3 is 0 Å². The predicted octanol–water partition coefficient (Wildman–Crippen LogP) is 2.45. The van der Waals surface area contributed by atoms with Gasteiger partial charge in [-0.05, 0) is 44.8 Å². The number of nitrogens with one attached hydrogen (secondary N) is 1. The maximum absolute atomic E-state index is 5.66. The molecule has 1 unspecified atom stereocenters. The highest BCUT2D eigenvalue weighted by Gasteiger charge is 2.17. The number of benzene rings is 1. The topological polar surface area (TPSA) is 33.7 Å². The Morgan fingerprint density at radius 2 is 2.00 bits per heavy atom. The molecular formula is C16H26N2O2. The minimum Gasteiger partial charge on any atom is -0.486 e. The standard InChI is InChI=1S/C16H26N2O2/c1-4-5-8-18(3)12-14(17-2)13-6-7-15-16(11-13)20-10-9-19-15/h6-7,11,14,17H,4-5,8-10,12H2,1-3H3. The highest BCUT2D eigenvalue weighted by atomic mass is 16.6. The van der Waals surface area contributed by atoms with Gasteiger partial charge in [-0.25, -0.2) is 0 Å². The van der Waals surface area contributed by atoms with Gasteiger partial charge < -0.3 is 19.7 Å². The summed E-state index contributed by atoms with van der Waals surface area (Å²) in [6.45, 7) is 5.64. The second-order valence-corrected chi connectivity index (χ2v) is 5.36. The lowest BCUT2D eigenvalue weighted by Crippen LogP contribution is -2.32. The zero-order valence-electron chi connectivity index (χ0n) is 12.8. The lowest BCUT2D eigenvalue weighted by Gasteiger charge is -2.25. The Labute approximate surface area is 122 Å². The average Bonchev–Trinajstić information content (AvgIpc) is 2.50. The molecule has 1 heterocycles. The van der Waals surface area contributed by atoms with Crippen LogP contribution in [-0.2, 0) is 0 Å². The van der Waals surface area contributed by atoms with Gasteiger partial charge in [0.25, 0.3) is 0 Å². The summed E-state index contributed by atoms with van der Waals surface area (Å²) in [7, 11) is 4.19. The molecule has 1 aromatic carbocycles. The molecule has 20 heavy (non-hydrogen) atoms. The van der Waals surface area contributed by atoms with Crippen molar-refractivity contribution >= 4 is 0 Å². The SMILES string of the molecule is CCCCN(C)CC(NC)c1ccc2c(c1)OCCO2. The molecule has 0 saturated heterocycles. The number of rotatable bonds is 7. The summed E-state index contributed by atoms with van der Waals surface area (Å²) in [5.41, 5.74) is 1.25. The number of unbranched alkanes of at least 4 members (excludes halogenated alkanes) is 1. The van der Waals surface area contributed by atoms with Crippen molar-refractivity contribution in [3.63, 3.8) is 0 Å². The third-order valence-electron chi connectivity index (χ3n) is 3.70. The van der Waals surface area contributed by atoms with Crippen LogP contribution in [0.4, 0.5) is 0 Å². The van der Waals surface area contributed by atoms with Gasteiger partial charge in [0.15, 0.2) is 11.5 Å². The highest BCUT2D eigenvalue weighted by molar-refractivity contribution is 5.44. The summed E-state index contributed by atoms with van der Waals surface area (Å²) >= 11 is 0. The van der Waals surface area contributed by atoms with Gasteiger partial charge in [0.2, 0.25) is 0 Å². The lowest BCUT2D eigenvalue weighted by molar-refractivity contribution is 0.171. The van der Waals surface area contributed by atoms with Crippen molar-refractivity contribution in [2.24, 2.45) is 0 Å². The highest BCUT2D eigenvalue weighted by Crippen LogP contribution is 2.32. The maximum Gasteiger partial charge on any atom is 0.161 e. The van der Waals surface area contributed by atoms with E-state index in [9.17, 15) is 0 Å². The molecule has 0 radical (unpaired) electrons. The van der Waals surface area contributed by atoms with Crippen LogP contribution in [-0.4, -0.2) is 45.3 Å². The van der Waals surface area contributed by atoms with Crippen molar-refractivity contribution in [2.75, 3.05) is 40.4 Å². The molecule has 1 aliphatic rings. The fraction of sp³-hybridized carbons (Fsp3) is 0.625. The molecule has 0 fully saturated rings. The van der Waals surface area contributed by atoms with Gasteiger partial charge in [-0.1, -0.05) is 19.4 Å². The van der Waals surface area contributed by atoms with Gasteiger partial charge in [0.1, 0.15) is 13.2 Å². The maximum atomic E-state index is 5.66. The Morgan fingerprint density at radius 3 is 2.70 bits per heavy atom. The summed E-state index contributed by atoms with van der Waals surface area (Å²) < 4.78 is 11.2. The van der Waals surface area contributed by atoms with Crippen LogP contribution in [0.2, 0.25) is 0 Å². The van der Waals surface area contributed by atoms with Gasteiger partial charge in [0, 0.05) is 12.6 Å². The summed E-state index contributed by atoms with van der Waals surface area (Å²) in [5.74, 6) is 1.72. The number of nitrogens with zero attached hydrogens (tertiary/aromatic N) is 1. The van der Waals surface area contributed by atoms with Crippen molar-refractivity contribution in [1.82, 2.24) is 10.2 Å². The van der Waals surface area contributed by atoms with E-state index in [2.05, 4.69) is 36.3 Å². The Hall–Kier alpha value is -1.26. The minimum atomic E-state index is 0.313. The number of hydrogen-bond donors (Lipinski definition) is 1. The second-order valence-electron chi connectivity index (χ2n) is 5.36.